The Morgan fingerprint density at radius 2 is 2.10 bits per heavy atom. The van der Waals surface area contributed by atoms with Crippen LogP contribution in [0.25, 0.3) is 0 Å². The van der Waals surface area contributed by atoms with Crippen molar-refractivity contribution < 1.29 is 9.84 Å². The molecule has 20 heavy (non-hydrogen) atoms. The Bertz CT molecular complexity index is 427. The fourth-order valence-corrected chi connectivity index (χ4v) is 2.90. The van der Waals surface area contributed by atoms with Gasteiger partial charge in [0.05, 0.1) is 12.7 Å². The van der Waals surface area contributed by atoms with Crippen LogP contribution in [-0.4, -0.2) is 68.5 Å². The lowest BCUT2D eigenvalue weighted by molar-refractivity contribution is 0.00465. The SMILES string of the molecule is Oc1cccc(N2CCN(CC3CNCCO3)CC2)c1. The van der Waals surface area contributed by atoms with Crippen LogP contribution in [0.4, 0.5) is 5.69 Å². The van der Waals surface area contributed by atoms with E-state index >= 15 is 0 Å². The molecule has 5 nitrogen and oxygen atoms in total. The molecular weight excluding hydrogens is 254 g/mol. The molecule has 0 aliphatic carbocycles. The predicted octanol–water partition coefficient (Wildman–Crippen LogP) is 0.503. The second kappa shape index (κ2) is 6.43. The van der Waals surface area contributed by atoms with Crippen molar-refractivity contribution in [3.8, 4) is 5.75 Å². The lowest BCUT2D eigenvalue weighted by atomic mass is 10.2. The first-order chi connectivity index (χ1) is 9.81. The van der Waals surface area contributed by atoms with Crippen molar-refractivity contribution in [2.75, 3.05) is 57.3 Å². The molecule has 2 N–H and O–H groups in total. The van der Waals surface area contributed by atoms with E-state index in [9.17, 15) is 5.11 Å². The maximum Gasteiger partial charge on any atom is 0.117 e. The minimum Gasteiger partial charge on any atom is -0.508 e. The Hall–Kier alpha value is -1.30. The molecule has 2 aliphatic rings. The van der Waals surface area contributed by atoms with E-state index in [2.05, 4.69) is 21.2 Å². The van der Waals surface area contributed by atoms with Crippen LogP contribution < -0.4 is 10.2 Å². The fraction of sp³-hybridized carbons (Fsp3) is 0.600. The Balaban J connectivity index is 1.49. The summed E-state index contributed by atoms with van der Waals surface area (Å²) in [6, 6.07) is 7.51. The zero-order valence-electron chi connectivity index (χ0n) is 11.8. The van der Waals surface area contributed by atoms with Gasteiger partial charge in [-0.3, -0.25) is 4.90 Å². The van der Waals surface area contributed by atoms with Crippen molar-refractivity contribution in [3.05, 3.63) is 24.3 Å². The van der Waals surface area contributed by atoms with Crippen LogP contribution in [0.1, 0.15) is 0 Å². The molecule has 1 aromatic rings. The average Bonchev–Trinajstić information content (AvgIpc) is 2.49. The predicted molar refractivity (Wildman–Crippen MR) is 79.4 cm³/mol. The number of benzene rings is 1. The molecule has 2 aliphatic heterocycles. The zero-order valence-corrected chi connectivity index (χ0v) is 11.8. The van der Waals surface area contributed by atoms with Crippen molar-refractivity contribution in [3.63, 3.8) is 0 Å². The van der Waals surface area contributed by atoms with Gasteiger partial charge in [-0.25, -0.2) is 0 Å². The van der Waals surface area contributed by atoms with Crippen molar-refractivity contribution in [1.29, 1.82) is 0 Å². The lowest BCUT2D eigenvalue weighted by Gasteiger charge is -2.38. The van der Waals surface area contributed by atoms with E-state index in [0.29, 0.717) is 11.9 Å². The largest absolute Gasteiger partial charge is 0.508 e. The molecule has 1 unspecified atom stereocenters. The summed E-state index contributed by atoms with van der Waals surface area (Å²) in [5.41, 5.74) is 1.11. The van der Waals surface area contributed by atoms with Crippen molar-refractivity contribution in [2.45, 2.75) is 6.10 Å². The lowest BCUT2D eigenvalue weighted by Crippen LogP contribution is -2.51. The van der Waals surface area contributed by atoms with Crippen LogP contribution in [0.3, 0.4) is 0 Å². The van der Waals surface area contributed by atoms with Gasteiger partial charge in [-0.2, -0.15) is 0 Å². The maximum absolute atomic E-state index is 9.55. The molecule has 0 aromatic heterocycles. The highest BCUT2D eigenvalue weighted by Gasteiger charge is 2.22. The average molecular weight is 277 g/mol. The molecule has 2 heterocycles. The highest BCUT2D eigenvalue weighted by molar-refractivity contribution is 5.50. The van der Waals surface area contributed by atoms with Crippen molar-refractivity contribution in [1.82, 2.24) is 10.2 Å². The van der Waals surface area contributed by atoms with Crippen LogP contribution in [0, 0.1) is 0 Å². The summed E-state index contributed by atoms with van der Waals surface area (Å²) in [6.07, 6.45) is 0.330. The summed E-state index contributed by atoms with van der Waals surface area (Å²) in [4.78, 5) is 4.80. The van der Waals surface area contributed by atoms with Gasteiger partial charge in [-0.15, -0.1) is 0 Å². The van der Waals surface area contributed by atoms with E-state index in [4.69, 9.17) is 4.74 Å². The summed E-state index contributed by atoms with van der Waals surface area (Å²) in [5.74, 6) is 0.339. The summed E-state index contributed by atoms with van der Waals surface area (Å²) < 4.78 is 5.76. The number of phenols is 1. The number of hydrogen-bond acceptors (Lipinski definition) is 5. The Kier molecular flexibility index (Phi) is 4.40. The Labute approximate surface area is 120 Å². The minimum absolute atomic E-state index is 0.330. The molecule has 3 rings (SSSR count). The third kappa shape index (κ3) is 3.42. The Morgan fingerprint density at radius 3 is 2.80 bits per heavy atom. The van der Waals surface area contributed by atoms with Gasteiger partial charge in [-0.05, 0) is 12.1 Å². The standard InChI is InChI=1S/C15H23N3O2/c19-14-3-1-2-13(10-14)18-7-5-17(6-8-18)12-15-11-16-4-9-20-15/h1-3,10,15-16,19H,4-9,11-12H2. The van der Waals surface area contributed by atoms with Gasteiger partial charge in [0.25, 0.3) is 0 Å². The van der Waals surface area contributed by atoms with Gasteiger partial charge in [0.15, 0.2) is 0 Å². The molecular formula is C15H23N3O2. The van der Waals surface area contributed by atoms with E-state index in [-0.39, 0.29) is 0 Å². The highest BCUT2D eigenvalue weighted by atomic mass is 16.5. The molecule has 2 fully saturated rings. The second-order valence-electron chi connectivity index (χ2n) is 5.50. The summed E-state index contributed by atoms with van der Waals surface area (Å²) in [5, 5.41) is 12.9. The first-order valence-electron chi connectivity index (χ1n) is 7.40. The first kappa shape index (κ1) is 13.7. The topological polar surface area (TPSA) is 48.0 Å². The third-order valence-corrected chi connectivity index (χ3v) is 4.03. The molecule has 0 saturated carbocycles. The Morgan fingerprint density at radius 1 is 1.25 bits per heavy atom. The summed E-state index contributed by atoms with van der Waals surface area (Å²) in [6.45, 7) is 7.89. The number of piperazine rings is 1. The zero-order chi connectivity index (χ0) is 13.8. The fourth-order valence-electron chi connectivity index (χ4n) is 2.90. The number of anilines is 1. The molecule has 1 aromatic carbocycles. The number of morpholine rings is 1. The van der Waals surface area contributed by atoms with E-state index in [0.717, 1.165) is 58.1 Å². The molecule has 2 saturated heterocycles. The van der Waals surface area contributed by atoms with Crippen LogP contribution in [-0.2, 0) is 4.74 Å². The van der Waals surface area contributed by atoms with Gasteiger partial charge >= 0.3 is 0 Å². The van der Waals surface area contributed by atoms with Gasteiger partial charge < -0.3 is 20.1 Å². The third-order valence-electron chi connectivity index (χ3n) is 4.03. The van der Waals surface area contributed by atoms with Crippen LogP contribution in [0.15, 0.2) is 24.3 Å². The number of nitrogens with one attached hydrogen (secondary N) is 1. The maximum atomic E-state index is 9.55. The van der Waals surface area contributed by atoms with Crippen molar-refractivity contribution in [2.24, 2.45) is 0 Å². The first-order valence-corrected chi connectivity index (χ1v) is 7.40. The molecule has 0 bridgehead atoms. The van der Waals surface area contributed by atoms with Crippen molar-refractivity contribution >= 4 is 5.69 Å². The van der Waals surface area contributed by atoms with Crippen LogP contribution in [0.2, 0.25) is 0 Å². The molecule has 0 spiro atoms. The summed E-state index contributed by atoms with van der Waals surface area (Å²) >= 11 is 0. The molecule has 5 heteroatoms. The van der Waals surface area contributed by atoms with Gasteiger partial charge in [0.1, 0.15) is 5.75 Å². The van der Waals surface area contributed by atoms with E-state index < -0.39 is 0 Å². The molecule has 0 amide bonds. The number of ether oxygens (including phenoxy) is 1. The van der Waals surface area contributed by atoms with Crippen LogP contribution >= 0.6 is 0 Å². The van der Waals surface area contributed by atoms with Gasteiger partial charge in [-0.1, -0.05) is 6.07 Å². The number of hydrogen-bond donors (Lipinski definition) is 2. The summed E-state index contributed by atoms with van der Waals surface area (Å²) in [7, 11) is 0. The minimum atomic E-state index is 0.330. The smallest absolute Gasteiger partial charge is 0.117 e. The van der Waals surface area contributed by atoms with Gasteiger partial charge in [0.2, 0.25) is 0 Å². The highest BCUT2D eigenvalue weighted by Crippen LogP contribution is 2.21. The van der Waals surface area contributed by atoms with E-state index in [1.165, 1.54) is 0 Å². The monoisotopic (exact) mass is 277 g/mol. The van der Waals surface area contributed by atoms with Gasteiger partial charge in [0, 0.05) is 57.6 Å². The molecule has 110 valence electrons. The second-order valence-corrected chi connectivity index (χ2v) is 5.50. The van der Waals surface area contributed by atoms with Crippen LogP contribution in [0.5, 0.6) is 5.75 Å². The number of aromatic hydroxyl groups is 1. The normalized spacial score (nSPS) is 24.8. The molecule has 0 radical (unpaired) electrons. The number of nitrogens with zero attached hydrogens (tertiary/aromatic N) is 2. The number of rotatable bonds is 3. The van der Waals surface area contributed by atoms with E-state index in [1.54, 1.807) is 6.07 Å². The molecule has 1 atom stereocenters. The van der Waals surface area contributed by atoms with E-state index in [1.807, 2.05) is 12.1 Å². The quantitative estimate of drug-likeness (QED) is 0.843. The number of phenolic OH excluding ortho intramolecular Hbond substituents is 1.